The minimum atomic E-state index is 0.120. The van der Waals surface area contributed by atoms with Crippen LogP contribution in [-0.2, 0) is 11.2 Å². The van der Waals surface area contributed by atoms with Crippen molar-refractivity contribution in [1.29, 1.82) is 0 Å². The van der Waals surface area contributed by atoms with Crippen molar-refractivity contribution < 1.29 is 4.79 Å². The van der Waals surface area contributed by atoms with Crippen LogP contribution in [0.2, 0.25) is 0 Å². The summed E-state index contributed by atoms with van der Waals surface area (Å²) in [4.78, 5) is 20.1. The number of rotatable bonds is 7. The van der Waals surface area contributed by atoms with Crippen LogP contribution in [0.3, 0.4) is 0 Å². The molecule has 2 aromatic heterocycles. The molecule has 1 aliphatic rings. The third kappa shape index (κ3) is 4.62. The average molecular weight is 329 g/mol. The Bertz CT molecular complexity index is 594. The van der Waals surface area contributed by atoms with E-state index < -0.39 is 0 Å². The van der Waals surface area contributed by atoms with Crippen molar-refractivity contribution in [3.63, 3.8) is 0 Å². The number of pyridine rings is 1. The molecule has 122 valence electrons. The molecule has 1 atom stereocenters. The maximum atomic E-state index is 12.2. The highest BCUT2D eigenvalue weighted by Gasteiger charge is 2.24. The molecule has 5 heteroatoms. The second-order valence-corrected chi connectivity index (χ2v) is 6.92. The van der Waals surface area contributed by atoms with Crippen LogP contribution < -0.4 is 5.32 Å². The fraction of sp³-hybridized carbons (Fsp3) is 0.444. The second kappa shape index (κ2) is 8.22. The molecule has 1 saturated heterocycles. The van der Waals surface area contributed by atoms with Crippen LogP contribution in [0, 0.1) is 0 Å². The molecule has 1 fully saturated rings. The predicted octanol–water partition coefficient (Wildman–Crippen LogP) is 3.03. The van der Waals surface area contributed by atoms with Crippen molar-refractivity contribution in [2.24, 2.45) is 0 Å². The molecule has 23 heavy (non-hydrogen) atoms. The van der Waals surface area contributed by atoms with Gasteiger partial charge < -0.3 is 5.32 Å². The van der Waals surface area contributed by atoms with Crippen LogP contribution in [0.5, 0.6) is 0 Å². The fourth-order valence-corrected chi connectivity index (χ4v) is 3.91. The van der Waals surface area contributed by atoms with Gasteiger partial charge in [0, 0.05) is 30.2 Å². The number of nitrogens with zero attached hydrogens (tertiary/aromatic N) is 2. The number of likely N-dealkylation sites (tertiary alicyclic amines) is 1. The molecule has 0 radical (unpaired) electrons. The zero-order chi connectivity index (χ0) is 15.9. The summed E-state index contributed by atoms with van der Waals surface area (Å²) in [6.07, 6.45) is 7.36. The number of carbonyl (C=O) groups excluding carboxylic acids is 1. The van der Waals surface area contributed by atoms with Crippen molar-refractivity contribution in [2.45, 2.75) is 31.7 Å². The lowest BCUT2D eigenvalue weighted by Gasteiger charge is -2.26. The predicted molar refractivity (Wildman–Crippen MR) is 93.4 cm³/mol. The summed E-state index contributed by atoms with van der Waals surface area (Å²) in [5, 5.41) is 5.24. The molecule has 4 nitrogen and oxygen atoms in total. The standard InChI is InChI=1S/C18H23N3OS/c22-18(8-7-15-5-3-9-19-13-15)20-14-16(17-6-4-12-23-17)21-10-1-2-11-21/h3-6,9,12-13,16H,1-2,7-8,10-11,14H2,(H,20,22). The summed E-state index contributed by atoms with van der Waals surface area (Å²) in [6.45, 7) is 2.97. The summed E-state index contributed by atoms with van der Waals surface area (Å²) in [7, 11) is 0. The van der Waals surface area contributed by atoms with Gasteiger partial charge in [0.05, 0.1) is 6.04 Å². The van der Waals surface area contributed by atoms with Gasteiger partial charge in [-0.2, -0.15) is 0 Å². The van der Waals surface area contributed by atoms with Gasteiger partial charge in [0.25, 0.3) is 0 Å². The van der Waals surface area contributed by atoms with Crippen LogP contribution in [0.1, 0.15) is 35.7 Å². The van der Waals surface area contributed by atoms with E-state index in [-0.39, 0.29) is 5.91 Å². The molecular formula is C18H23N3OS. The minimum absolute atomic E-state index is 0.120. The number of amides is 1. The summed E-state index contributed by atoms with van der Waals surface area (Å²) in [6, 6.07) is 8.51. The van der Waals surface area contributed by atoms with Gasteiger partial charge in [-0.25, -0.2) is 0 Å². The largest absolute Gasteiger partial charge is 0.354 e. The Morgan fingerprint density at radius 1 is 1.30 bits per heavy atom. The van der Waals surface area contributed by atoms with Gasteiger partial charge in [-0.3, -0.25) is 14.7 Å². The first-order valence-corrected chi connectivity index (χ1v) is 9.14. The highest BCUT2D eigenvalue weighted by molar-refractivity contribution is 7.10. The Labute approximate surface area is 141 Å². The maximum Gasteiger partial charge on any atom is 0.220 e. The van der Waals surface area contributed by atoms with Gasteiger partial charge >= 0.3 is 0 Å². The van der Waals surface area contributed by atoms with Gasteiger partial charge in [-0.05, 0) is 55.4 Å². The van der Waals surface area contributed by atoms with Crippen molar-refractivity contribution in [3.05, 3.63) is 52.5 Å². The molecule has 0 saturated carbocycles. The quantitative estimate of drug-likeness (QED) is 0.849. The van der Waals surface area contributed by atoms with Gasteiger partial charge in [-0.15, -0.1) is 11.3 Å². The number of carbonyl (C=O) groups is 1. The molecule has 1 aliphatic heterocycles. The Morgan fingerprint density at radius 3 is 2.87 bits per heavy atom. The molecule has 0 bridgehead atoms. The first kappa shape index (κ1) is 16.1. The number of aromatic nitrogens is 1. The number of hydrogen-bond acceptors (Lipinski definition) is 4. The van der Waals surface area contributed by atoms with Crippen molar-refractivity contribution in [1.82, 2.24) is 15.2 Å². The average Bonchev–Trinajstić information content (AvgIpc) is 3.28. The van der Waals surface area contributed by atoms with E-state index >= 15 is 0 Å². The highest BCUT2D eigenvalue weighted by atomic mass is 32.1. The Hall–Kier alpha value is -1.72. The van der Waals surface area contributed by atoms with E-state index in [1.165, 1.54) is 17.7 Å². The molecule has 1 unspecified atom stereocenters. The third-order valence-electron chi connectivity index (χ3n) is 4.31. The lowest BCUT2D eigenvalue weighted by Crippen LogP contribution is -2.36. The van der Waals surface area contributed by atoms with Crippen molar-refractivity contribution in [3.8, 4) is 0 Å². The van der Waals surface area contributed by atoms with Gasteiger partial charge in [0.2, 0.25) is 5.91 Å². The highest BCUT2D eigenvalue weighted by Crippen LogP contribution is 2.27. The molecular weight excluding hydrogens is 306 g/mol. The Balaban J connectivity index is 1.51. The van der Waals surface area contributed by atoms with Crippen LogP contribution in [-0.4, -0.2) is 35.4 Å². The number of thiophene rings is 1. The molecule has 0 aromatic carbocycles. The number of hydrogen-bond donors (Lipinski definition) is 1. The lowest BCUT2D eigenvalue weighted by atomic mass is 10.1. The van der Waals surface area contributed by atoms with Crippen LogP contribution in [0.25, 0.3) is 0 Å². The Morgan fingerprint density at radius 2 is 2.17 bits per heavy atom. The number of nitrogens with one attached hydrogen (secondary N) is 1. The molecule has 1 N–H and O–H groups in total. The van der Waals surface area contributed by atoms with Crippen LogP contribution in [0.4, 0.5) is 0 Å². The molecule has 0 spiro atoms. The van der Waals surface area contributed by atoms with Crippen LogP contribution in [0.15, 0.2) is 42.0 Å². The first-order valence-electron chi connectivity index (χ1n) is 8.26. The number of aryl methyl sites for hydroxylation is 1. The Kier molecular flexibility index (Phi) is 5.77. The van der Waals surface area contributed by atoms with E-state index in [9.17, 15) is 4.79 Å². The second-order valence-electron chi connectivity index (χ2n) is 5.94. The van der Waals surface area contributed by atoms with Gasteiger partial charge in [0.15, 0.2) is 0 Å². The summed E-state index contributed by atoms with van der Waals surface area (Å²) < 4.78 is 0. The lowest BCUT2D eigenvalue weighted by molar-refractivity contribution is -0.121. The van der Waals surface area contributed by atoms with E-state index in [2.05, 4.69) is 32.7 Å². The first-order chi connectivity index (χ1) is 11.3. The molecule has 3 rings (SSSR count). The van der Waals surface area contributed by atoms with Crippen LogP contribution >= 0.6 is 11.3 Å². The zero-order valence-electron chi connectivity index (χ0n) is 13.3. The minimum Gasteiger partial charge on any atom is -0.354 e. The SMILES string of the molecule is O=C(CCc1cccnc1)NCC(c1cccs1)N1CCCC1. The molecule has 3 heterocycles. The fourth-order valence-electron chi connectivity index (χ4n) is 3.05. The van der Waals surface area contributed by atoms with Crippen molar-refractivity contribution in [2.75, 3.05) is 19.6 Å². The maximum absolute atomic E-state index is 12.2. The molecule has 2 aromatic rings. The van der Waals surface area contributed by atoms with Gasteiger partial charge in [0.1, 0.15) is 0 Å². The monoisotopic (exact) mass is 329 g/mol. The van der Waals surface area contributed by atoms with E-state index in [1.54, 1.807) is 17.5 Å². The summed E-state index contributed by atoms with van der Waals surface area (Å²) in [5.74, 6) is 0.120. The van der Waals surface area contributed by atoms with E-state index in [1.807, 2.05) is 18.3 Å². The van der Waals surface area contributed by atoms with E-state index in [0.717, 1.165) is 25.1 Å². The zero-order valence-corrected chi connectivity index (χ0v) is 14.1. The summed E-state index contributed by atoms with van der Waals surface area (Å²) >= 11 is 1.78. The molecule has 1 amide bonds. The van der Waals surface area contributed by atoms with Gasteiger partial charge in [-0.1, -0.05) is 12.1 Å². The third-order valence-corrected chi connectivity index (χ3v) is 5.28. The van der Waals surface area contributed by atoms with Crippen molar-refractivity contribution >= 4 is 17.2 Å². The molecule has 0 aliphatic carbocycles. The smallest absolute Gasteiger partial charge is 0.220 e. The topological polar surface area (TPSA) is 45.2 Å². The van der Waals surface area contributed by atoms with E-state index in [4.69, 9.17) is 0 Å². The normalized spacial score (nSPS) is 16.3. The summed E-state index contributed by atoms with van der Waals surface area (Å²) in [5.41, 5.74) is 1.11. The van der Waals surface area contributed by atoms with E-state index in [0.29, 0.717) is 19.0 Å².